The first-order valence-corrected chi connectivity index (χ1v) is 8.92. The lowest BCUT2D eigenvalue weighted by atomic mass is 9.85. The third kappa shape index (κ3) is 3.31. The van der Waals surface area contributed by atoms with Crippen LogP contribution >= 0.6 is 23.1 Å². The zero-order valence-corrected chi connectivity index (χ0v) is 13.6. The van der Waals surface area contributed by atoms with Crippen molar-refractivity contribution < 1.29 is 0 Å². The standard InChI is InChI=1S/C15H25NS2/c1-5-7-16-14(15(2,3)4)13-9-11-10-17-8-6-12(11)18-13/h9,14,16H,5-8,10H2,1-4H3. The molecular weight excluding hydrogens is 258 g/mol. The van der Waals surface area contributed by atoms with Crippen LogP contribution in [-0.4, -0.2) is 12.3 Å². The fourth-order valence-electron chi connectivity index (χ4n) is 2.43. The first kappa shape index (κ1) is 14.4. The smallest absolute Gasteiger partial charge is 0.0464 e. The minimum absolute atomic E-state index is 0.287. The Morgan fingerprint density at radius 3 is 2.78 bits per heavy atom. The van der Waals surface area contributed by atoms with Gasteiger partial charge in [0.05, 0.1) is 0 Å². The topological polar surface area (TPSA) is 12.0 Å². The molecule has 0 saturated heterocycles. The normalized spacial score (nSPS) is 17.6. The molecule has 0 saturated carbocycles. The number of thioether (sulfide) groups is 1. The summed E-state index contributed by atoms with van der Waals surface area (Å²) < 4.78 is 0. The molecular formula is C15H25NS2. The SMILES string of the molecule is CCCNC(c1cc2c(s1)CCSC2)C(C)(C)C. The number of nitrogens with one attached hydrogen (secondary N) is 1. The summed E-state index contributed by atoms with van der Waals surface area (Å²) in [6.07, 6.45) is 2.48. The molecule has 0 fully saturated rings. The van der Waals surface area contributed by atoms with Gasteiger partial charge in [-0.25, -0.2) is 0 Å². The van der Waals surface area contributed by atoms with Crippen LogP contribution in [0, 0.1) is 5.41 Å². The van der Waals surface area contributed by atoms with Gasteiger partial charge in [0.15, 0.2) is 0 Å². The first-order valence-electron chi connectivity index (χ1n) is 6.95. The Hall–Kier alpha value is 0.01000. The Bertz CT molecular complexity index is 366. The quantitative estimate of drug-likeness (QED) is 0.865. The molecule has 1 N–H and O–H groups in total. The van der Waals surface area contributed by atoms with Crippen molar-refractivity contribution in [3.05, 3.63) is 21.4 Å². The van der Waals surface area contributed by atoms with Crippen LogP contribution in [0.15, 0.2) is 6.07 Å². The van der Waals surface area contributed by atoms with Gasteiger partial charge in [0, 0.05) is 21.5 Å². The maximum atomic E-state index is 3.74. The average Bonchev–Trinajstić information content (AvgIpc) is 2.70. The van der Waals surface area contributed by atoms with E-state index in [9.17, 15) is 0 Å². The molecule has 18 heavy (non-hydrogen) atoms. The van der Waals surface area contributed by atoms with Crippen LogP contribution in [0.5, 0.6) is 0 Å². The molecule has 0 bridgehead atoms. The lowest BCUT2D eigenvalue weighted by molar-refractivity contribution is 0.277. The summed E-state index contributed by atoms with van der Waals surface area (Å²) in [6, 6.07) is 2.96. The van der Waals surface area contributed by atoms with E-state index in [1.807, 2.05) is 11.3 Å². The van der Waals surface area contributed by atoms with Crippen LogP contribution < -0.4 is 5.32 Å². The van der Waals surface area contributed by atoms with Crippen molar-refractivity contribution in [3.8, 4) is 0 Å². The van der Waals surface area contributed by atoms with Crippen molar-refractivity contribution in [2.24, 2.45) is 5.41 Å². The van der Waals surface area contributed by atoms with Crippen molar-refractivity contribution >= 4 is 23.1 Å². The Balaban J connectivity index is 2.22. The predicted octanol–water partition coefficient (Wildman–Crippen LogP) is 4.62. The zero-order valence-electron chi connectivity index (χ0n) is 12.0. The predicted molar refractivity (Wildman–Crippen MR) is 84.7 cm³/mol. The fraction of sp³-hybridized carbons (Fsp3) is 0.733. The Morgan fingerprint density at radius 1 is 1.39 bits per heavy atom. The summed E-state index contributed by atoms with van der Waals surface area (Å²) in [6.45, 7) is 10.4. The monoisotopic (exact) mass is 283 g/mol. The zero-order chi connectivity index (χ0) is 13.2. The Labute approximate surface area is 120 Å². The van der Waals surface area contributed by atoms with Gasteiger partial charge in [-0.05, 0) is 42.2 Å². The lowest BCUT2D eigenvalue weighted by Gasteiger charge is -2.31. The number of fused-ring (bicyclic) bond motifs is 1. The maximum Gasteiger partial charge on any atom is 0.0464 e. The van der Waals surface area contributed by atoms with E-state index in [0.717, 1.165) is 6.54 Å². The van der Waals surface area contributed by atoms with Crippen LogP contribution in [0.3, 0.4) is 0 Å². The van der Waals surface area contributed by atoms with Crippen LogP contribution in [0.25, 0.3) is 0 Å². The van der Waals surface area contributed by atoms with Gasteiger partial charge in [0.25, 0.3) is 0 Å². The number of aryl methyl sites for hydroxylation is 1. The van der Waals surface area contributed by atoms with E-state index < -0.39 is 0 Å². The van der Waals surface area contributed by atoms with E-state index in [0.29, 0.717) is 6.04 Å². The largest absolute Gasteiger partial charge is 0.309 e. The lowest BCUT2D eigenvalue weighted by Crippen LogP contribution is -2.32. The van der Waals surface area contributed by atoms with Gasteiger partial charge in [0.2, 0.25) is 0 Å². The van der Waals surface area contributed by atoms with Gasteiger partial charge in [-0.3, -0.25) is 0 Å². The maximum absolute atomic E-state index is 3.74. The van der Waals surface area contributed by atoms with E-state index in [4.69, 9.17) is 0 Å². The summed E-state index contributed by atoms with van der Waals surface area (Å²) in [5.74, 6) is 2.52. The van der Waals surface area contributed by atoms with Crippen molar-refractivity contribution in [2.75, 3.05) is 12.3 Å². The highest BCUT2D eigenvalue weighted by molar-refractivity contribution is 7.98. The second-order valence-electron chi connectivity index (χ2n) is 6.15. The van der Waals surface area contributed by atoms with Crippen LogP contribution in [0.2, 0.25) is 0 Å². The number of hydrogen-bond donors (Lipinski definition) is 1. The molecule has 1 atom stereocenters. The second kappa shape index (κ2) is 5.98. The minimum Gasteiger partial charge on any atom is -0.309 e. The summed E-state index contributed by atoms with van der Waals surface area (Å²) >= 11 is 4.12. The van der Waals surface area contributed by atoms with Gasteiger partial charge in [0.1, 0.15) is 0 Å². The number of rotatable bonds is 4. The van der Waals surface area contributed by atoms with E-state index in [2.05, 4.69) is 50.8 Å². The Morgan fingerprint density at radius 2 is 2.17 bits per heavy atom. The van der Waals surface area contributed by atoms with Crippen molar-refractivity contribution in [3.63, 3.8) is 0 Å². The second-order valence-corrected chi connectivity index (χ2v) is 8.43. The molecule has 0 aromatic carbocycles. The summed E-state index contributed by atoms with van der Waals surface area (Å²) in [5.41, 5.74) is 1.88. The highest BCUT2D eigenvalue weighted by Gasteiger charge is 2.28. The van der Waals surface area contributed by atoms with Gasteiger partial charge in [-0.2, -0.15) is 11.8 Å². The average molecular weight is 284 g/mol. The molecule has 2 rings (SSSR count). The summed E-state index contributed by atoms with van der Waals surface area (Å²) in [7, 11) is 0. The molecule has 102 valence electrons. The van der Waals surface area contributed by atoms with Crippen LogP contribution in [0.1, 0.15) is 55.5 Å². The molecule has 0 radical (unpaired) electrons. The Kier molecular flexibility index (Phi) is 4.79. The van der Waals surface area contributed by atoms with E-state index >= 15 is 0 Å². The van der Waals surface area contributed by atoms with Gasteiger partial charge >= 0.3 is 0 Å². The van der Waals surface area contributed by atoms with Gasteiger partial charge in [-0.1, -0.05) is 27.7 Å². The van der Waals surface area contributed by atoms with Crippen molar-refractivity contribution in [2.45, 2.75) is 52.3 Å². The number of hydrogen-bond acceptors (Lipinski definition) is 3. The molecule has 1 aliphatic heterocycles. The molecule has 1 nitrogen and oxygen atoms in total. The van der Waals surface area contributed by atoms with Crippen molar-refractivity contribution in [1.82, 2.24) is 5.32 Å². The molecule has 1 aromatic rings. The minimum atomic E-state index is 0.287. The molecule has 1 unspecified atom stereocenters. The highest BCUT2D eigenvalue weighted by atomic mass is 32.2. The van der Waals surface area contributed by atoms with Crippen LogP contribution in [-0.2, 0) is 12.2 Å². The fourth-order valence-corrected chi connectivity index (χ4v) is 5.13. The van der Waals surface area contributed by atoms with E-state index in [1.54, 1.807) is 15.3 Å². The van der Waals surface area contributed by atoms with E-state index in [1.165, 1.54) is 24.3 Å². The third-order valence-corrected chi connectivity index (χ3v) is 5.71. The third-order valence-electron chi connectivity index (χ3n) is 3.40. The highest BCUT2D eigenvalue weighted by Crippen LogP contribution is 2.40. The molecule has 1 aromatic heterocycles. The van der Waals surface area contributed by atoms with Gasteiger partial charge < -0.3 is 5.32 Å². The molecule has 0 spiro atoms. The van der Waals surface area contributed by atoms with Crippen LogP contribution in [0.4, 0.5) is 0 Å². The summed E-state index contributed by atoms with van der Waals surface area (Å²) in [5, 5.41) is 3.74. The van der Waals surface area contributed by atoms with Crippen molar-refractivity contribution in [1.29, 1.82) is 0 Å². The molecule has 2 heterocycles. The number of thiophene rings is 1. The van der Waals surface area contributed by atoms with Gasteiger partial charge in [-0.15, -0.1) is 11.3 Å². The molecule has 1 aliphatic rings. The molecule has 0 amide bonds. The molecule has 3 heteroatoms. The first-order chi connectivity index (χ1) is 8.52. The van der Waals surface area contributed by atoms with E-state index in [-0.39, 0.29) is 5.41 Å². The summed E-state index contributed by atoms with van der Waals surface area (Å²) in [4.78, 5) is 3.18. The molecule has 0 aliphatic carbocycles.